The van der Waals surface area contributed by atoms with Gasteiger partial charge in [-0.2, -0.15) is 0 Å². The summed E-state index contributed by atoms with van der Waals surface area (Å²) in [6.45, 7) is 7.14. The van der Waals surface area contributed by atoms with Crippen LogP contribution in [-0.4, -0.2) is 0 Å². The normalized spacial score (nSPS) is 24.6. The second kappa shape index (κ2) is 5.44. The van der Waals surface area contributed by atoms with Gasteiger partial charge >= 0.3 is 0 Å². The first-order chi connectivity index (χ1) is 9.66. The molecule has 0 nitrogen and oxygen atoms in total. The lowest BCUT2D eigenvalue weighted by Crippen LogP contribution is -2.01. The highest BCUT2D eigenvalue weighted by molar-refractivity contribution is 5.42. The molecule has 3 unspecified atom stereocenters. The fourth-order valence-corrected chi connectivity index (χ4v) is 3.52. The molecule has 0 N–H and O–H groups in total. The van der Waals surface area contributed by atoms with Gasteiger partial charge in [0.2, 0.25) is 0 Å². The van der Waals surface area contributed by atoms with Gasteiger partial charge in [0.25, 0.3) is 0 Å². The molecule has 0 bridgehead atoms. The van der Waals surface area contributed by atoms with Crippen molar-refractivity contribution in [3.63, 3.8) is 0 Å². The lowest BCUT2D eigenvalue weighted by atomic mass is 9.91. The van der Waals surface area contributed by atoms with E-state index in [0.29, 0.717) is 11.8 Å². The van der Waals surface area contributed by atoms with Gasteiger partial charge < -0.3 is 0 Å². The molecule has 0 fully saturated rings. The Morgan fingerprint density at radius 1 is 0.700 bits per heavy atom. The zero-order chi connectivity index (χ0) is 14.1. The minimum Gasteiger partial charge on any atom is -0.0622 e. The van der Waals surface area contributed by atoms with Crippen LogP contribution in [0, 0.1) is 5.92 Å². The zero-order valence-corrected chi connectivity index (χ0v) is 12.8. The fourth-order valence-electron chi connectivity index (χ4n) is 3.52. The predicted molar refractivity (Wildman–Crippen MR) is 86.3 cm³/mol. The van der Waals surface area contributed by atoms with Crippen molar-refractivity contribution < 1.29 is 0 Å². The average Bonchev–Trinajstić information content (AvgIpc) is 2.71. The van der Waals surface area contributed by atoms with Crippen molar-refractivity contribution in [1.29, 1.82) is 0 Å². The third-order valence-corrected chi connectivity index (χ3v) is 5.25. The summed E-state index contributed by atoms with van der Waals surface area (Å²) in [5.41, 5.74) is 6.09. The molecule has 104 valence electrons. The maximum absolute atomic E-state index is 2.46. The minimum atomic E-state index is 0.705. The number of aryl methyl sites for hydroxylation is 2. The molecule has 0 spiro atoms. The van der Waals surface area contributed by atoms with E-state index in [2.05, 4.69) is 69.3 Å². The predicted octanol–water partition coefficient (Wildman–Crippen LogP) is 5.33. The summed E-state index contributed by atoms with van der Waals surface area (Å²) in [5, 5.41) is 0. The molecule has 0 aliphatic heterocycles. The van der Waals surface area contributed by atoms with Crippen molar-refractivity contribution in [2.45, 2.75) is 45.4 Å². The summed E-state index contributed by atoms with van der Waals surface area (Å²) in [6.07, 6.45) is 2.28. The van der Waals surface area contributed by atoms with E-state index in [0.717, 1.165) is 18.8 Å². The van der Waals surface area contributed by atoms with Crippen LogP contribution >= 0.6 is 0 Å². The van der Waals surface area contributed by atoms with Gasteiger partial charge in [0.05, 0.1) is 0 Å². The van der Waals surface area contributed by atoms with Crippen molar-refractivity contribution >= 4 is 0 Å². The summed E-state index contributed by atoms with van der Waals surface area (Å²) in [5.74, 6) is 2.19. The van der Waals surface area contributed by atoms with Crippen LogP contribution in [0.3, 0.4) is 0 Å². The molecule has 1 aliphatic carbocycles. The van der Waals surface area contributed by atoms with Crippen LogP contribution in [0.2, 0.25) is 0 Å². The Bertz CT molecular complexity index is 582. The SMILES string of the molecule is CC1c2ccc(CCc3ccccc3)cc2C(C)C1C. The van der Waals surface area contributed by atoms with E-state index in [9.17, 15) is 0 Å². The largest absolute Gasteiger partial charge is 0.0622 e. The summed E-state index contributed by atoms with van der Waals surface area (Å²) >= 11 is 0. The molecule has 2 aromatic carbocycles. The molecule has 2 aromatic rings. The Labute approximate surface area is 122 Å². The third kappa shape index (κ3) is 2.40. The van der Waals surface area contributed by atoms with Gasteiger partial charge in [-0.3, -0.25) is 0 Å². The van der Waals surface area contributed by atoms with Crippen LogP contribution in [0.4, 0.5) is 0 Å². The zero-order valence-electron chi connectivity index (χ0n) is 12.8. The molecule has 0 aromatic heterocycles. The van der Waals surface area contributed by atoms with E-state index in [1.807, 2.05) is 0 Å². The Balaban J connectivity index is 1.77. The van der Waals surface area contributed by atoms with Gasteiger partial charge in [-0.25, -0.2) is 0 Å². The van der Waals surface area contributed by atoms with Crippen LogP contribution in [-0.2, 0) is 12.8 Å². The van der Waals surface area contributed by atoms with Gasteiger partial charge in [-0.15, -0.1) is 0 Å². The van der Waals surface area contributed by atoms with Crippen molar-refractivity contribution in [1.82, 2.24) is 0 Å². The van der Waals surface area contributed by atoms with Crippen molar-refractivity contribution in [2.24, 2.45) is 5.92 Å². The average molecular weight is 264 g/mol. The fraction of sp³-hybridized carbons (Fsp3) is 0.400. The Morgan fingerprint density at radius 3 is 2.10 bits per heavy atom. The summed E-state index contributed by atoms with van der Waals surface area (Å²) in [4.78, 5) is 0. The first-order valence-electron chi connectivity index (χ1n) is 7.83. The second-order valence-electron chi connectivity index (χ2n) is 6.39. The van der Waals surface area contributed by atoms with E-state index < -0.39 is 0 Å². The number of hydrogen-bond acceptors (Lipinski definition) is 0. The topological polar surface area (TPSA) is 0 Å². The quantitative estimate of drug-likeness (QED) is 0.703. The number of fused-ring (bicyclic) bond motifs is 1. The summed E-state index contributed by atoms with van der Waals surface area (Å²) in [6, 6.07) is 18.0. The molecule has 0 saturated heterocycles. The van der Waals surface area contributed by atoms with Crippen molar-refractivity contribution in [3.8, 4) is 0 Å². The molecule has 20 heavy (non-hydrogen) atoms. The number of rotatable bonds is 3. The molecule has 1 aliphatic rings. The van der Waals surface area contributed by atoms with Crippen LogP contribution in [0.1, 0.15) is 54.9 Å². The van der Waals surface area contributed by atoms with Gasteiger partial charge in [0, 0.05) is 0 Å². The van der Waals surface area contributed by atoms with Gasteiger partial charge in [-0.05, 0) is 52.8 Å². The number of benzene rings is 2. The van der Waals surface area contributed by atoms with E-state index >= 15 is 0 Å². The lowest BCUT2D eigenvalue weighted by Gasteiger charge is -2.13. The van der Waals surface area contributed by atoms with Crippen LogP contribution in [0.25, 0.3) is 0 Å². The maximum Gasteiger partial charge on any atom is -0.0156 e. The first kappa shape index (κ1) is 13.4. The molecule has 0 heteroatoms. The summed E-state index contributed by atoms with van der Waals surface area (Å²) in [7, 11) is 0. The lowest BCUT2D eigenvalue weighted by molar-refractivity contribution is 0.464. The monoisotopic (exact) mass is 264 g/mol. The molecule has 0 heterocycles. The Kier molecular flexibility index (Phi) is 3.65. The summed E-state index contributed by atoms with van der Waals surface area (Å²) < 4.78 is 0. The number of hydrogen-bond donors (Lipinski definition) is 0. The molecular weight excluding hydrogens is 240 g/mol. The second-order valence-corrected chi connectivity index (χ2v) is 6.39. The van der Waals surface area contributed by atoms with E-state index in [1.165, 1.54) is 11.1 Å². The Morgan fingerprint density at radius 2 is 1.35 bits per heavy atom. The van der Waals surface area contributed by atoms with E-state index in [-0.39, 0.29) is 0 Å². The minimum absolute atomic E-state index is 0.705. The standard InChI is InChI=1S/C20H24/c1-14-15(2)19-12-11-18(13-20(19)16(14)3)10-9-17-7-5-4-6-8-17/h4-8,11-16H,9-10H2,1-3H3. The van der Waals surface area contributed by atoms with Crippen LogP contribution in [0.15, 0.2) is 48.5 Å². The van der Waals surface area contributed by atoms with Crippen molar-refractivity contribution in [2.75, 3.05) is 0 Å². The molecular formula is C20H24. The van der Waals surface area contributed by atoms with Gasteiger partial charge in [0.15, 0.2) is 0 Å². The highest BCUT2D eigenvalue weighted by Gasteiger charge is 2.32. The van der Waals surface area contributed by atoms with Gasteiger partial charge in [-0.1, -0.05) is 69.3 Å². The smallest absolute Gasteiger partial charge is 0.0156 e. The Hall–Kier alpha value is -1.56. The van der Waals surface area contributed by atoms with E-state index in [1.54, 1.807) is 11.1 Å². The maximum atomic E-state index is 2.46. The molecule has 0 radical (unpaired) electrons. The molecule has 3 rings (SSSR count). The molecule has 0 amide bonds. The molecule has 3 atom stereocenters. The third-order valence-electron chi connectivity index (χ3n) is 5.25. The van der Waals surface area contributed by atoms with Crippen LogP contribution in [0.5, 0.6) is 0 Å². The van der Waals surface area contributed by atoms with E-state index in [4.69, 9.17) is 0 Å². The first-order valence-corrected chi connectivity index (χ1v) is 7.83. The van der Waals surface area contributed by atoms with Crippen LogP contribution < -0.4 is 0 Å². The highest BCUT2D eigenvalue weighted by atomic mass is 14.4. The molecule has 0 saturated carbocycles. The highest BCUT2D eigenvalue weighted by Crippen LogP contribution is 2.45. The van der Waals surface area contributed by atoms with Gasteiger partial charge in [0.1, 0.15) is 0 Å². The van der Waals surface area contributed by atoms with Crippen molar-refractivity contribution in [3.05, 3.63) is 70.8 Å².